The van der Waals surface area contributed by atoms with E-state index in [-0.39, 0.29) is 10.8 Å². The smallest absolute Gasteiger partial charge is 0.159 e. The number of hydrogen-bond acceptors (Lipinski definition) is 4. The van der Waals surface area contributed by atoms with Gasteiger partial charge in [0.2, 0.25) is 0 Å². The Bertz CT molecular complexity index is 4070. The zero-order chi connectivity index (χ0) is 49.1. The summed E-state index contributed by atoms with van der Waals surface area (Å²) in [7, 11) is 0. The van der Waals surface area contributed by atoms with Gasteiger partial charge in [0.05, 0.1) is 22.7 Å². The van der Waals surface area contributed by atoms with Crippen molar-refractivity contribution in [3.05, 3.63) is 191 Å². The Balaban J connectivity index is 1.13. The van der Waals surface area contributed by atoms with Gasteiger partial charge in [-0.25, -0.2) is 0 Å². The van der Waals surface area contributed by atoms with Crippen molar-refractivity contribution >= 4 is 110 Å². The van der Waals surface area contributed by atoms with Crippen molar-refractivity contribution < 1.29 is 8.83 Å². The molecule has 0 N–H and O–H groups in total. The SMILES string of the molecule is CCC(C)(C)c1cccc2c1oc1c(N(c3ccc(C)cc3C)c3ccc4ccc5c(N(c6ccc(C)cc6C)c6cccc7c6oc6c(C(C)(CC)CC)cccc67)ccc6ccc3c4c65)cccc12. The van der Waals surface area contributed by atoms with Crippen LogP contribution in [-0.2, 0) is 10.8 Å². The van der Waals surface area contributed by atoms with Gasteiger partial charge < -0.3 is 18.6 Å². The first-order valence-corrected chi connectivity index (χ1v) is 25.7. The van der Waals surface area contributed by atoms with Gasteiger partial charge in [0.1, 0.15) is 11.2 Å². The van der Waals surface area contributed by atoms with Crippen LogP contribution in [0, 0.1) is 27.7 Å². The quantitative estimate of drug-likeness (QED) is 0.121. The van der Waals surface area contributed by atoms with E-state index >= 15 is 0 Å². The summed E-state index contributed by atoms with van der Waals surface area (Å²) >= 11 is 0. The number of para-hydroxylation sites is 4. The summed E-state index contributed by atoms with van der Waals surface area (Å²) in [5.74, 6) is 0. The lowest BCUT2D eigenvalue weighted by atomic mass is 9.77. The van der Waals surface area contributed by atoms with Gasteiger partial charge in [-0.1, -0.05) is 174 Å². The first-order valence-electron chi connectivity index (χ1n) is 25.7. The highest BCUT2D eigenvalue weighted by Crippen LogP contribution is 2.52. The molecule has 0 spiro atoms. The fourth-order valence-corrected chi connectivity index (χ4v) is 11.8. The zero-order valence-electron chi connectivity index (χ0n) is 42.8. The summed E-state index contributed by atoms with van der Waals surface area (Å²) in [6.45, 7) is 22.7. The fraction of sp³-hybridized carbons (Fsp3) is 0.224. The molecule has 0 saturated carbocycles. The Labute approximate surface area is 417 Å². The van der Waals surface area contributed by atoms with E-state index in [9.17, 15) is 0 Å². The van der Waals surface area contributed by atoms with Crippen molar-refractivity contribution in [2.45, 2.75) is 99.3 Å². The zero-order valence-corrected chi connectivity index (χ0v) is 42.8. The molecule has 71 heavy (non-hydrogen) atoms. The number of furan rings is 2. The molecule has 0 unspecified atom stereocenters. The highest BCUT2D eigenvalue weighted by Gasteiger charge is 2.31. The molecule has 0 bridgehead atoms. The number of benzene rings is 10. The number of nitrogens with zero attached hydrogens (tertiary/aromatic N) is 2. The van der Waals surface area contributed by atoms with Crippen LogP contribution in [0.4, 0.5) is 34.1 Å². The normalized spacial score (nSPS) is 12.5. The van der Waals surface area contributed by atoms with Crippen LogP contribution >= 0.6 is 0 Å². The van der Waals surface area contributed by atoms with Gasteiger partial charge in [-0.15, -0.1) is 0 Å². The number of hydrogen-bond donors (Lipinski definition) is 0. The van der Waals surface area contributed by atoms with E-state index in [1.807, 2.05) is 0 Å². The first kappa shape index (κ1) is 44.6. The van der Waals surface area contributed by atoms with Crippen molar-refractivity contribution in [1.82, 2.24) is 0 Å². The van der Waals surface area contributed by atoms with Gasteiger partial charge in [-0.2, -0.15) is 0 Å². The molecule has 0 aliphatic rings. The third-order valence-electron chi connectivity index (χ3n) is 16.6. The summed E-state index contributed by atoms with van der Waals surface area (Å²) in [6.07, 6.45) is 3.07. The number of fused-ring (bicyclic) bond motifs is 6. The van der Waals surface area contributed by atoms with Crippen LogP contribution in [-0.4, -0.2) is 0 Å². The van der Waals surface area contributed by atoms with Crippen LogP contribution in [0.1, 0.15) is 94.2 Å². The average Bonchev–Trinajstić information content (AvgIpc) is 3.97. The van der Waals surface area contributed by atoms with Gasteiger partial charge >= 0.3 is 0 Å². The number of aryl methyl sites for hydroxylation is 4. The van der Waals surface area contributed by atoms with E-state index in [0.717, 1.165) is 97.3 Å². The highest BCUT2D eigenvalue weighted by molar-refractivity contribution is 6.29. The Morgan fingerprint density at radius 3 is 1.20 bits per heavy atom. The summed E-state index contributed by atoms with van der Waals surface area (Å²) in [4.78, 5) is 4.92. The molecule has 4 nitrogen and oxygen atoms in total. The highest BCUT2D eigenvalue weighted by atomic mass is 16.3. The molecule has 352 valence electrons. The van der Waals surface area contributed by atoms with Crippen LogP contribution in [0.25, 0.3) is 76.2 Å². The van der Waals surface area contributed by atoms with E-state index in [4.69, 9.17) is 8.83 Å². The maximum absolute atomic E-state index is 7.24. The molecule has 0 radical (unpaired) electrons. The van der Waals surface area contributed by atoms with Gasteiger partial charge in [-0.3, -0.25) is 0 Å². The van der Waals surface area contributed by atoms with E-state index in [0.29, 0.717) is 0 Å². The maximum atomic E-state index is 7.24. The summed E-state index contributed by atoms with van der Waals surface area (Å²) < 4.78 is 14.4. The number of rotatable bonds is 11. The Morgan fingerprint density at radius 1 is 0.366 bits per heavy atom. The standard InChI is InChI=1S/C67H62N2O2/c1-11-66(8,9)52-22-14-18-46-48-20-16-24-58(64(48)70-62(46)52)68(54-34-26-40(4)38-42(54)6)56-36-30-44-29-33-51-57(37-31-45-28-32-50(56)60(44)61(45)51)69(55-35-27-41(5)39-43(55)7)59-25-17-21-49-47-19-15-23-53(63(47)71-65(49)59)67(10,12-2)13-3/h14-39H,11-13H2,1-10H3. The van der Waals surface area contributed by atoms with Gasteiger partial charge in [0.25, 0.3) is 0 Å². The van der Waals surface area contributed by atoms with Crippen molar-refractivity contribution in [2.75, 3.05) is 9.80 Å². The predicted octanol–water partition coefficient (Wildman–Crippen LogP) is 20.3. The molecule has 2 aromatic heterocycles. The summed E-state index contributed by atoms with van der Waals surface area (Å²) in [6, 6.07) is 58.9. The monoisotopic (exact) mass is 926 g/mol. The molecule has 0 aliphatic heterocycles. The molecular formula is C67H62N2O2. The minimum atomic E-state index is -0.0486. The second-order valence-corrected chi connectivity index (χ2v) is 21.2. The van der Waals surface area contributed by atoms with Crippen LogP contribution in [0.3, 0.4) is 0 Å². The molecule has 0 atom stereocenters. The molecular weight excluding hydrogens is 865 g/mol. The maximum Gasteiger partial charge on any atom is 0.159 e. The molecule has 4 heteroatoms. The number of anilines is 6. The lowest BCUT2D eigenvalue weighted by Gasteiger charge is -2.30. The molecule has 10 aromatic carbocycles. The van der Waals surface area contributed by atoms with E-state index < -0.39 is 0 Å². The van der Waals surface area contributed by atoms with Crippen molar-refractivity contribution in [3.63, 3.8) is 0 Å². The molecule has 0 saturated heterocycles. The minimum absolute atomic E-state index is 0.00656. The van der Waals surface area contributed by atoms with Crippen LogP contribution in [0.2, 0.25) is 0 Å². The summed E-state index contributed by atoms with van der Waals surface area (Å²) in [5, 5.41) is 11.8. The Hall–Kier alpha value is -7.56. The van der Waals surface area contributed by atoms with Crippen molar-refractivity contribution in [3.8, 4) is 0 Å². The predicted molar refractivity (Wildman–Crippen MR) is 304 cm³/mol. The van der Waals surface area contributed by atoms with E-state index in [1.54, 1.807) is 0 Å². The third kappa shape index (κ3) is 6.78. The largest absolute Gasteiger partial charge is 0.454 e. The Morgan fingerprint density at radius 2 is 0.761 bits per heavy atom. The molecule has 12 aromatic rings. The van der Waals surface area contributed by atoms with Gasteiger partial charge in [0, 0.05) is 54.8 Å². The van der Waals surface area contributed by atoms with Gasteiger partial charge in [0.15, 0.2) is 11.2 Å². The third-order valence-corrected chi connectivity index (χ3v) is 16.6. The second-order valence-electron chi connectivity index (χ2n) is 21.2. The van der Waals surface area contributed by atoms with Crippen LogP contribution < -0.4 is 9.80 Å². The van der Waals surface area contributed by atoms with E-state index in [2.05, 4.69) is 237 Å². The van der Waals surface area contributed by atoms with Crippen LogP contribution in [0.15, 0.2) is 167 Å². The topological polar surface area (TPSA) is 32.8 Å². The molecule has 0 fully saturated rings. The first-order chi connectivity index (χ1) is 34.3. The molecule has 12 rings (SSSR count). The lowest BCUT2D eigenvalue weighted by molar-refractivity contribution is 0.436. The summed E-state index contributed by atoms with van der Waals surface area (Å²) in [5.41, 5.74) is 17.5. The fourth-order valence-electron chi connectivity index (χ4n) is 11.8. The Kier molecular flexibility index (Phi) is 10.4. The minimum Gasteiger partial charge on any atom is -0.454 e. The second kappa shape index (κ2) is 16.5. The van der Waals surface area contributed by atoms with Crippen molar-refractivity contribution in [1.29, 1.82) is 0 Å². The van der Waals surface area contributed by atoms with E-state index in [1.165, 1.54) is 65.7 Å². The lowest BCUT2D eigenvalue weighted by Crippen LogP contribution is -2.19. The van der Waals surface area contributed by atoms with Crippen molar-refractivity contribution in [2.24, 2.45) is 0 Å². The van der Waals surface area contributed by atoms with Crippen LogP contribution in [0.5, 0.6) is 0 Å². The molecule has 0 aliphatic carbocycles. The molecule has 0 amide bonds. The average molecular weight is 927 g/mol. The van der Waals surface area contributed by atoms with Gasteiger partial charge in [-0.05, 0) is 127 Å². The molecule has 2 heterocycles.